The maximum Gasteiger partial charge on any atom is 0.128 e. The van der Waals surface area contributed by atoms with Crippen LogP contribution in [0.3, 0.4) is 0 Å². The van der Waals surface area contributed by atoms with Gasteiger partial charge in [0.05, 0.1) is 5.02 Å². The van der Waals surface area contributed by atoms with Crippen LogP contribution in [0.15, 0.2) is 12.3 Å². The zero-order valence-electron chi connectivity index (χ0n) is 11.1. The summed E-state index contributed by atoms with van der Waals surface area (Å²) >= 11 is 5.99. The molecule has 0 bridgehead atoms. The van der Waals surface area contributed by atoms with Crippen molar-refractivity contribution >= 4 is 17.4 Å². The summed E-state index contributed by atoms with van der Waals surface area (Å²) in [6.07, 6.45) is 4.59. The lowest BCUT2D eigenvalue weighted by molar-refractivity contribution is 0.188. The van der Waals surface area contributed by atoms with Crippen LogP contribution in [0.5, 0.6) is 0 Å². The zero-order valence-corrected chi connectivity index (χ0v) is 11.8. The van der Waals surface area contributed by atoms with Crippen molar-refractivity contribution in [3.8, 4) is 0 Å². The summed E-state index contributed by atoms with van der Waals surface area (Å²) in [4.78, 5) is 4.11. The first kappa shape index (κ1) is 15.2. The van der Waals surface area contributed by atoms with Crippen LogP contribution >= 0.6 is 11.6 Å². The maximum atomic E-state index is 5.99. The van der Waals surface area contributed by atoms with Crippen molar-refractivity contribution in [3.63, 3.8) is 0 Å². The van der Waals surface area contributed by atoms with Gasteiger partial charge in [0.1, 0.15) is 5.82 Å². The molecule has 0 radical (unpaired) electrons. The smallest absolute Gasteiger partial charge is 0.128 e. The van der Waals surface area contributed by atoms with E-state index in [1.165, 1.54) is 0 Å². The van der Waals surface area contributed by atoms with Gasteiger partial charge in [-0.1, -0.05) is 18.5 Å². The number of nitrogens with zero attached hydrogens (tertiary/aromatic N) is 1. The van der Waals surface area contributed by atoms with Crippen LogP contribution in [-0.4, -0.2) is 25.2 Å². The summed E-state index contributed by atoms with van der Waals surface area (Å²) in [5, 5.41) is 4.10. The topological polar surface area (TPSA) is 60.2 Å². The molecular formula is C13H22ClN3O. The van der Waals surface area contributed by atoms with Gasteiger partial charge in [-0.2, -0.15) is 0 Å². The van der Waals surface area contributed by atoms with Crippen LogP contribution in [0.1, 0.15) is 37.8 Å². The molecule has 0 saturated carbocycles. The van der Waals surface area contributed by atoms with Gasteiger partial charge in [0.15, 0.2) is 0 Å². The van der Waals surface area contributed by atoms with E-state index < -0.39 is 0 Å². The van der Waals surface area contributed by atoms with Crippen LogP contribution in [0, 0.1) is 0 Å². The molecule has 1 aromatic heterocycles. The third kappa shape index (κ3) is 4.80. The first-order valence-electron chi connectivity index (χ1n) is 6.32. The summed E-state index contributed by atoms with van der Waals surface area (Å²) in [6.45, 7) is 3.83. The van der Waals surface area contributed by atoms with E-state index in [4.69, 9.17) is 22.1 Å². The average Bonchev–Trinajstić information content (AvgIpc) is 2.37. The van der Waals surface area contributed by atoms with E-state index in [9.17, 15) is 0 Å². The van der Waals surface area contributed by atoms with Crippen LogP contribution in [0.4, 0.5) is 5.82 Å². The first-order chi connectivity index (χ1) is 8.69. The average molecular weight is 272 g/mol. The van der Waals surface area contributed by atoms with E-state index in [1.807, 2.05) is 6.07 Å². The molecule has 1 unspecified atom stereocenters. The lowest BCUT2D eigenvalue weighted by Crippen LogP contribution is -2.23. The summed E-state index contributed by atoms with van der Waals surface area (Å²) in [7, 11) is 1.71. The Kier molecular flexibility index (Phi) is 7.01. The number of nitrogen functional groups attached to an aromatic ring is 1. The number of rotatable bonds is 8. The van der Waals surface area contributed by atoms with Crippen molar-refractivity contribution in [1.82, 2.24) is 10.3 Å². The van der Waals surface area contributed by atoms with E-state index in [0.29, 0.717) is 10.8 Å². The largest absolute Gasteiger partial charge is 0.385 e. The van der Waals surface area contributed by atoms with Crippen molar-refractivity contribution < 1.29 is 4.74 Å². The number of pyridine rings is 1. The number of nitrogens with one attached hydrogen (secondary N) is 1. The number of hydrogen-bond donors (Lipinski definition) is 2. The van der Waals surface area contributed by atoms with Gasteiger partial charge >= 0.3 is 0 Å². The minimum absolute atomic E-state index is 0.186. The number of nitrogens with two attached hydrogens (primary N) is 1. The minimum Gasteiger partial charge on any atom is -0.385 e. The number of hydrogen-bond acceptors (Lipinski definition) is 4. The molecule has 3 N–H and O–H groups in total. The molecule has 18 heavy (non-hydrogen) atoms. The molecule has 0 spiro atoms. The molecule has 0 aliphatic carbocycles. The Morgan fingerprint density at radius 2 is 2.33 bits per heavy atom. The number of aromatic nitrogens is 1. The molecule has 0 saturated heterocycles. The van der Waals surface area contributed by atoms with Gasteiger partial charge in [0.2, 0.25) is 0 Å². The van der Waals surface area contributed by atoms with Gasteiger partial charge in [-0.15, -0.1) is 0 Å². The number of anilines is 1. The second-order valence-electron chi connectivity index (χ2n) is 4.27. The quantitative estimate of drug-likeness (QED) is 0.714. The molecule has 102 valence electrons. The van der Waals surface area contributed by atoms with Crippen molar-refractivity contribution in [2.75, 3.05) is 26.0 Å². The highest BCUT2D eigenvalue weighted by Gasteiger charge is 2.14. The predicted octanol–water partition coefficient (Wildman–Crippen LogP) is 2.78. The van der Waals surface area contributed by atoms with Crippen molar-refractivity contribution in [3.05, 3.63) is 22.8 Å². The van der Waals surface area contributed by atoms with E-state index in [2.05, 4.69) is 17.2 Å². The van der Waals surface area contributed by atoms with Gasteiger partial charge in [-0.3, -0.25) is 0 Å². The van der Waals surface area contributed by atoms with E-state index in [-0.39, 0.29) is 6.04 Å². The fourth-order valence-corrected chi connectivity index (χ4v) is 2.03. The Balaban J connectivity index is 2.75. The highest BCUT2D eigenvalue weighted by Crippen LogP contribution is 2.25. The van der Waals surface area contributed by atoms with Crippen LogP contribution in [0.25, 0.3) is 0 Å². The molecule has 1 rings (SSSR count). The van der Waals surface area contributed by atoms with E-state index in [0.717, 1.165) is 38.0 Å². The minimum atomic E-state index is 0.186. The van der Waals surface area contributed by atoms with Gasteiger partial charge < -0.3 is 15.8 Å². The summed E-state index contributed by atoms with van der Waals surface area (Å²) in [6, 6.07) is 2.08. The fourth-order valence-electron chi connectivity index (χ4n) is 1.86. The Hall–Kier alpha value is -0.840. The Morgan fingerprint density at radius 3 is 3.00 bits per heavy atom. The Morgan fingerprint density at radius 1 is 1.56 bits per heavy atom. The monoisotopic (exact) mass is 271 g/mol. The fraction of sp³-hybridized carbons (Fsp3) is 0.615. The zero-order chi connectivity index (χ0) is 13.4. The lowest BCUT2D eigenvalue weighted by Gasteiger charge is -2.20. The number of ether oxygens (including phenoxy) is 1. The van der Waals surface area contributed by atoms with Gasteiger partial charge in [-0.05, 0) is 31.9 Å². The predicted molar refractivity (Wildman–Crippen MR) is 75.8 cm³/mol. The first-order valence-corrected chi connectivity index (χ1v) is 6.70. The molecule has 5 heteroatoms. The third-order valence-corrected chi connectivity index (χ3v) is 2.98. The van der Waals surface area contributed by atoms with Gasteiger partial charge in [0, 0.05) is 31.5 Å². The highest BCUT2D eigenvalue weighted by molar-refractivity contribution is 6.30. The molecule has 1 heterocycles. The van der Waals surface area contributed by atoms with Gasteiger partial charge in [-0.25, -0.2) is 4.98 Å². The van der Waals surface area contributed by atoms with Gasteiger partial charge in [0.25, 0.3) is 0 Å². The molecule has 4 nitrogen and oxygen atoms in total. The summed E-state index contributed by atoms with van der Waals surface area (Å²) in [5.74, 6) is 0.547. The summed E-state index contributed by atoms with van der Waals surface area (Å²) < 4.78 is 5.09. The molecule has 0 aliphatic heterocycles. The van der Waals surface area contributed by atoms with E-state index in [1.54, 1.807) is 13.3 Å². The Bertz CT molecular complexity index is 360. The number of halogens is 1. The SMILES string of the molecule is CCCNC(CCCOC)c1cc(Cl)cnc1N. The molecule has 0 fully saturated rings. The standard InChI is InChI=1S/C13H22ClN3O/c1-3-6-16-12(5-4-7-18-2)11-8-10(14)9-17-13(11)15/h8-9,12,16H,3-7H2,1-2H3,(H2,15,17). The molecule has 1 atom stereocenters. The van der Waals surface area contributed by atoms with Crippen molar-refractivity contribution in [2.24, 2.45) is 0 Å². The molecule has 0 amide bonds. The van der Waals surface area contributed by atoms with Crippen molar-refractivity contribution in [1.29, 1.82) is 0 Å². The number of methoxy groups -OCH3 is 1. The normalized spacial score (nSPS) is 12.6. The second-order valence-corrected chi connectivity index (χ2v) is 4.71. The highest BCUT2D eigenvalue weighted by atomic mass is 35.5. The van der Waals surface area contributed by atoms with Crippen LogP contribution < -0.4 is 11.1 Å². The molecule has 0 aliphatic rings. The van der Waals surface area contributed by atoms with Crippen LogP contribution in [0.2, 0.25) is 5.02 Å². The van der Waals surface area contributed by atoms with E-state index >= 15 is 0 Å². The Labute approximate surface area is 114 Å². The second kappa shape index (κ2) is 8.29. The molecular weight excluding hydrogens is 250 g/mol. The lowest BCUT2D eigenvalue weighted by atomic mass is 10.0. The molecule has 0 aromatic carbocycles. The third-order valence-electron chi connectivity index (χ3n) is 2.77. The van der Waals surface area contributed by atoms with Crippen molar-refractivity contribution in [2.45, 2.75) is 32.2 Å². The summed E-state index contributed by atoms with van der Waals surface area (Å²) in [5.41, 5.74) is 6.90. The van der Waals surface area contributed by atoms with Crippen LogP contribution in [-0.2, 0) is 4.74 Å². The molecule has 1 aromatic rings. The maximum absolute atomic E-state index is 5.99.